The second kappa shape index (κ2) is 5.47. The molecule has 0 heterocycles. The minimum Gasteiger partial charge on any atom is -0.480 e. The van der Waals surface area contributed by atoms with Crippen LogP contribution in [0.2, 0.25) is 0 Å². The lowest BCUT2D eigenvalue weighted by Crippen LogP contribution is -2.51. The smallest absolute Gasteiger partial charge is 0.317 e. The van der Waals surface area contributed by atoms with Gasteiger partial charge < -0.3 is 10.0 Å². The lowest BCUT2D eigenvalue weighted by molar-refractivity contribution is -0.139. The van der Waals surface area contributed by atoms with Crippen LogP contribution in [0.25, 0.3) is 0 Å². The van der Waals surface area contributed by atoms with Gasteiger partial charge in [-0.25, -0.2) is 0 Å². The molecule has 0 amide bonds. The first-order valence-corrected chi connectivity index (χ1v) is 5.61. The van der Waals surface area contributed by atoms with Gasteiger partial charge in [-0.15, -0.1) is 0 Å². The zero-order chi connectivity index (χ0) is 11.4. The van der Waals surface area contributed by atoms with Crippen LogP contribution in [0, 0.1) is 0 Å². The Balaban J connectivity index is 2.58. The van der Waals surface area contributed by atoms with Gasteiger partial charge >= 0.3 is 5.97 Å². The standard InChI is InChI=1S/C11H22N2O2/c1-12(2)9-6-4-5-7-10(9)13(3)8-11(14)15/h9-10H,4-8H2,1-3H3,(H,14,15)/t9-,10+/m1/s1. The molecule has 2 atom stereocenters. The van der Waals surface area contributed by atoms with Crippen molar-refractivity contribution in [1.82, 2.24) is 9.80 Å². The van der Waals surface area contributed by atoms with Crippen molar-refractivity contribution < 1.29 is 9.90 Å². The molecule has 0 aromatic rings. The maximum atomic E-state index is 10.7. The molecule has 1 rings (SSSR count). The molecule has 4 heteroatoms. The van der Waals surface area contributed by atoms with Crippen LogP contribution in [0.1, 0.15) is 25.7 Å². The Kier molecular flexibility index (Phi) is 4.54. The lowest BCUT2D eigenvalue weighted by Gasteiger charge is -2.40. The summed E-state index contributed by atoms with van der Waals surface area (Å²) in [5.74, 6) is -0.736. The molecule has 1 aliphatic rings. The molecule has 4 nitrogen and oxygen atoms in total. The largest absolute Gasteiger partial charge is 0.480 e. The van der Waals surface area contributed by atoms with E-state index in [4.69, 9.17) is 5.11 Å². The number of hydrogen-bond acceptors (Lipinski definition) is 3. The quantitative estimate of drug-likeness (QED) is 0.754. The first-order chi connectivity index (χ1) is 7.02. The van der Waals surface area contributed by atoms with Crippen LogP contribution in [0.4, 0.5) is 0 Å². The van der Waals surface area contributed by atoms with Crippen LogP contribution in [0.3, 0.4) is 0 Å². The third kappa shape index (κ3) is 3.47. The summed E-state index contributed by atoms with van der Waals surface area (Å²) in [6.45, 7) is 0.148. The molecule has 0 saturated heterocycles. The molecule has 0 aromatic heterocycles. The maximum absolute atomic E-state index is 10.7. The summed E-state index contributed by atoms with van der Waals surface area (Å²) in [7, 11) is 6.08. The highest BCUT2D eigenvalue weighted by atomic mass is 16.4. The van der Waals surface area contributed by atoms with Crippen LogP contribution in [0.5, 0.6) is 0 Å². The Morgan fingerprint density at radius 2 is 1.73 bits per heavy atom. The van der Waals surface area contributed by atoms with Crippen molar-refractivity contribution in [3.05, 3.63) is 0 Å². The summed E-state index contributed by atoms with van der Waals surface area (Å²) in [6, 6.07) is 0.896. The summed E-state index contributed by atoms with van der Waals surface area (Å²) in [6.07, 6.45) is 4.79. The molecule has 1 fully saturated rings. The first-order valence-electron chi connectivity index (χ1n) is 5.61. The molecule has 1 N–H and O–H groups in total. The van der Waals surface area contributed by atoms with Gasteiger partial charge in [0.05, 0.1) is 6.54 Å². The van der Waals surface area contributed by atoms with Crippen LogP contribution in [-0.2, 0) is 4.79 Å². The minimum absolute atomic E-state index is 0.148. The highest BCUT2D eigenvalue weighted by molar-refractivity contribution is 5.69. The molecule has 0 radical (unpaired) electrons. The number of nitrogens with zero attached hydrogens (tertiary/aromatic N) is 2. The van der Waals surface area contributed by atoms with Gasteiger partial charge in [0.15, 0.2) is 0 Å². The van der Waals surface area contributed by atoms with E-state index in [0.29, 0.717) is 12.1 Å². The molecule has 0 unspecified atom stereocenters. The fourth-order valence-corrected chi connectivity index (χ4v) is 2.54. The van der Waals surface area contributed by atoms with E-state index < -0.39 is 5.97 Å². The zero-order valence-electron chi connectivity index (χ0n) is 9.94. The fourth-order valence-electron chi connectivity index (χ4n) is 2.54. The van der Waals surface area contributed by atoms with E-state index in [1.54, 1.807) is 0 Å². The Morgan fingerprint density at radius 1 is 1.20 bits per heavy atom. The van der Waals surface area contributed by atoms with E-state index in [2.05, 4.69) is 19.0 Å². The topological polar surface area (TPSA) is 43.8 Å². The van der Waals surface area contributed by atoms with Crippen molar-refractivity contribution in [1.29, 1.82) is 0 Å². The molecule has 0 aliphatic heterocycles. The summed E-state index contributed by atoms with van der Waals surface area (Å²) in [4.78, 5) is 14.9. The normalized spacial score (nSPS) is 27.3. The van der Waals surface area contributed by atoms with E-state index in [9.17, 15) is 4.79 Å². The zero-order valence-corrected chi connectivity index (χ0v) is 9.94. The van der Waals surface area contributed by atoms with E-state index in [1.807, 2.05) is 11.9 Å². The number of aliphatic carboxylic acids is 1. The molecular weight excluding hydrogens is 192 g/mol. The van der Waals surface area contributed by atoms with Crippen molar-refractivity contribution in [2.45, 2.75) is 37.8 Å². The average molecular weight is 214 g/mol. The number of rotatable bonds is 4. The average Bonchev–Trinajstić information content (AvgIpc) is 2.16. The van der Waals surface area contributed by atoms with Gasteiger partial charge in [-0.2, -0.15) is 0 Å². The van der Waals surface area contributed by atoms with Gasteiger partial charge in [0.25, 0.3) is 0 Å². The van der Waals surface area contributed by atoms with E-state index in [1.165, 1.54) is 19.3 Å². The summed E-state index contributed by atoms with van der Waals surface area (Å²) >= 11 is 0. The van der Waals surface area contributed by atoms with Crippen molar-refractivity contribution in [3.8, 4) is 0 Å². The molecular formula is C11H22N2O2. The molecule has 1 saturated carbocycles. The lowest BCUT2D eigenvalue weighted by atomic mass is 9.88. The van der Waals surface area contributed by atoms with Crippen molar-refractivity contribution >= 4 is 5.97 Å². The monoisotopic (exact) mass is 214 g/mol. The summed E-state index contributed by atoms with van der Waals surface area (Å²) in [5.41, 5.74) is 0. The summed E-state index contributed by atoms with van der Waals surface area (Å²) in [5, 5.41) is 8.78. The third-order valence-electron chi connectivity index (χ3n) is 3.31. The van der Waals surface area contributed by atoms with Gasteiger partial charge in [-0.05, 0) is 34.0 Å². The van der Waals surface area contributed by atoms with Crippen LogP contribution in [0.15, 0.2) is 0 Å². The van der Waals surface area contributed by atoms with Gasteiger partial charge in [0, 0.05) is 12.1 Å². The Labute approximate surface area is 91.9 Å². The Hall–Kier alpha value is -0.610. The Morgan fingerprint density at radius 3 is 2.20 bits per heavy atom. The van der Waals surface area contributed by atoms with Gasteiger partial charge in [-0.3, -0.25) is 9.69 Å². The second-order valence-electron chi connectivity index (χ2n) is 4.69. The van der Waals surface area contributed by atoms with E-state index in [-0.39, 0.29) is 6.54 Å². The maximum Gasteiger partial charge on any atom is 0.317 e. The van der Waals surface area contributed by atoms with Crippen LogP contribution < -0.4 is 0 Å². The van der Waals surface area contributed by atoms with Crippen LogP contribution in [-0.4, -0.2) is 60.6 Å². The molecule has 0 aromatic carbocycles. The van der Waals surface area contributed by atoms with E-state index in [0.717, 1.165) is 6.42 Å². The Bertz CT molecular complexity index is 219. The predicted molar refractivity (Wildman–Crippen MR) is 60.0 cm³/mol. The SMILES string of the molecule is CN(C)[C@@H]1CCCC[C@@H]1N(C)CC(=O)O. The third-order valence-corrected chi connectivity index (χ3v) is 3.31. The fraction of sp³-hybridized carbons (Fsp3) is 0.909. The molecule has 1 aliphatic carbocycles. The number of carbonyl (C=O) groups is 1. The molecule has 15 heavy (non-hydrogen) atoms. The number of likely N-dealkylation sites (N-methyl/N-ethyl adjacent to an activating group) is 2. The first kappa shape index (κ1) is 12.5. The minimum atomic E-state index is -0.736. The van der Waals surface area contributed by atoms with Gasteiger partial charge in [-0.1, -0.05) is 12.8 Å². The van der Waals surface area contributed by atoms with Crippen molar-refractivity contribution in [2.24, 2.45) is 0 Å². The highest BCUT2D eigenvalue weighted by Crippen LogP contribution is 2.25. The summed E-state index contributed by atoms with van der Waals surface area (Å²) < 4.78 is 0. The molecule has 0 bridgehead atoms. The molecule has 0 spiro atoms. The second-order valence-corrected chi connectivity index (χ2v) is 4.69. The predicted octanol–water partition coefficient (Wildman–Crippen LogP) is 0.876. The van der Waals surface area contributed by atoms with Crippen molar-refractivity contribution in [3.63, 3.8) is 0 Å². The highest BCUT2D eigenvalue weighted by Gasteiger charge is 2.30. The van der Waals surface area contributed by atoms with Gasteiger partial charge in [0.1, 0.15) is 0 Å². The number of hydrogen-bond donors (Lipinski definition) is 1. The van der Waals surface area contributed by atoms with Crippen molar-refractivity contribution in [2.75, 3.05) is 27.7 Å². The van der Waals surface area contributed by atoms with E-state index >= 15 is 0 Å². The molecule has 88 valence electrons. The van der Waals surface area contributed by atoms with Gasteiger partial charge in [0.2, 0.25) is 0 Å². The van der Waals surface area contributed by atoms with Crippen LogP contribution >= 0.6 is 0 Å². The number of carboxylic acid groups (broad SMARTS) is 1. The number of carboxylic acids is 1.